The smallest absolute Gasteiger partial charge is 0.220 e. The van der Waals surface area contributed by atoms with Crippen LogP contribution in [0.2, 0.25) is 5.02 Å². The number of halogens is 1. The summed E-state index contributed by atoms with van der Waals surface area (Å²) in [6, 6.07) is 8.38. The third kappa shape index (κ3) is 3.99. The Bertz CT molecular complexity index is 450. The predicted octanol–water partition coefficient (Wildman–Crippen LogP) is 3.97. The molecule has 0 atom stereocenters. The van der Waals surface area contributed by atoms with Crippen molar-refractivity contribution in [2.75, 3.05) is 0 Å². The molecule has 0 bridgehead atoms. The van der Waals surface area contributed by atoms with Crippen LogP contribution in [-0.4, -0.2) is 11.9 Å². The Hall–Kier alpha value is -1.02. The van der Waals surface area contributed by atoms with Crippen molar-refractivity contribution >= 4 is 17.5 Å². The van der Waals surface area contributed by atoms with Gasteiger partial charge in [0.05, 0.1) is 0 Å². The standard InChI is InChI=1S/C17H22ClNO/c18-15-10-4-12(5-11-15)2-1-3-16(20)19-17(13-6-7-13)14-8-9-14/h4-5,10-11,13-14,17H,1-3,6-9H2,(H,19,20). The minimum Gasteiger partial charge on any atom is -0.353 e. The molecule has 1 aromatic carbocycles. The molecule has 0 saturated heterocycles. The Balaban J connectivity index is 1.39. The Labute approximate surface area is 125 Å². The highest BCUT2D eigenvalue weighted by atomic mass is 35.5. The van der Waals surface area contributed by atoms with E-state index in [4.69, 9.17) is 11.6 Å². The number of rotatable bonds is 7. The molecular formula is C17H22ClNO. The van der Waals surface area contributed by atoms with E-state index in [1.165, 1.54) is 31.2 Å². The fourth-order valence-corrected chi connectivity index (χ4v) is 3.02. The maximum absolute atomic E-state index is 12.0. The van der Waals surface area contributed by atoms with Crippen molar-refractivity contribution in [1.82, 2.24) is 5.32 Å². The zero-order valence-corrected chi connectivity index (χ0v) is 12.5. The van der Waals surface area contributed by atoms with Gasteiger partial charge in [-0.25, -0.2) is 0 Å². The van der Waals surface area contributed by atoms with Gasteiger partial charge in [-0.15, -0.1) is 0 Å². The van der Waals surface area contributed by atoms with E-state index >= 15 is 0 Å². The zero-order chi connectivity index (χ0) is 13.9. The normalized spacial score (nSPS) is 18.3. The minimum absolute atomic E-state index is 0.239. The van der Waals surface area contributed by atoms with Gasteiger partial charge in [-0.3, -0.25) is 4.79 Å². The molecule has 3 rings (SSSR count). The van der Waals surface area contributed by atoms with Gasteiger partial charge in [-0.2, -0.15) is 0 Å². The summed E-state index contributed by atoms with van der Waals surface area (Å²) >= 11 is 5.86. The van der Waals surface area contributed by atoms with Crippen molar-refractivity contribution in [3.05, 3.63) is 34.9 Å². The minimum atomic E-state index is 0.239. The Morgan fingerprint density at radius 1 is 1.15 bits per heavy atom. The number of carbonyl (C=O) groups excluding carboxylic acids is 1. The third-order valence-electron chi connectivity index (χ3n) is 4.37. The molecule has 108 valence electrons. The Morgan fingerprint density at radius 2 is 1.75 bits per heavy atom. The lowest BCUT2D eigenvalue weighted by atomic mass is 10.1. The second kappa shape index (κ2) is 6.17. The van der Waals surface area contributed by atoms with Gasteiger partial charge < -0.3 is 5.32 Å². The number of aryl methyl sites for hydroxylation is 1. The molecule has 0 heterocycles. The van der Waals surface area contributed by atoms with Crippen molar-refractivity contribution in [2.24, 2.45) is 11.8 Å². The number of nitrogens with one attached hydrogen (secondary N) is 1. The highest BCUT2D eigenvalue weighted by Crippen LogP contribution is 2.44. The monoisotopic (exact) mass is 291 g/mol. The van der Waals surface area contributed by atoms with Crippen LogP contribution in [0.1, 0.15) is 44.1 Å². The van der Waals surface area contributed by atoms with E-state index in [9.17, 15) is 4.79 Å². The first kappa shape index (κ1) is 13.9. The molecule has 1 N–H and O–H groups in total. The van der Waals surface area contributed by atoms with Gasteiger partial charge in [-0.1, -0.05) is 23.7 Å². The van der Waals surface area contributed by atoms with Crippen molar-refractivity contribution in [3.63, 3.8) is 0 Å². The molecule has 2 nitrogen and oxygen atoms in total. The van der Waals surface area contributed by atoms with Crippen LogP contribution in [0.15, 0.2) is 24.3 Å². The van der Waals surface area contributed by atoms with Gasteiger partial charge in [0.2, 0.25) is 5.91 Å². The molecule has 0 spiro atoms. The van der Waals surface area contributed by atoms with Crippen LogP contribution in [0.5, 0.6) is 0 Å². The Kier molecular flexibility index (Phi) is 4.30. The average molecular weight is 292 g/mol. The molecule has 1 amide bonds. The molecule has 2 fully saturated rings. The van der Waals surface area contributed by atoms with Crippen molar-refractivity contribution in [1.29, 1.82) is 0 Å². The van der Waals surface area contributed by atoms with E-state index in [0.717, 1.165) is 29.7 Å². The highest BCUT2D eigenvalue weighted by Gasteiger charge is 2.41. The number of hydrogen-bond donors (Lipinski definition) is 1. The van der Waals surface area contributed by atoms with E-state index in [1.807, 2.05) is 24.3 Å². The number of carbonyl (C=O) groups is 1. The fraction of sp³-hybridized carbons (Fsp3) is 0.588. The second-order valence-corrected chi connectivity index (χ2v) is 6.68. The van der Waals surface area contributed by atoms with Gasteiger partial charge in [0, 0.05) is 17.5 Å². The summed E-state index contributed by atoms with van der Waals surface area (Å²) in [5.74, 6) is 1.80. The number of amides is 1. The molecule has 2 saturated carbocycles. The maximum Gasteiger partial charge on any atom is 0.220 e. The first-order valence-corrected chi connectivity index (χ1v) is 8.14. The molecule has 0 radical (unpaired) electrons. The summed E-state index contributed by atoms with van der Waals surface area (Å²) in [6.45, 7) is 0. The fourth-order valence-electron chi connectivity index (χ4n) is 2.89. The van der Waals surface area contributed by atoms with Crippen molar-refractivity contribution in [2.45, 2.75) is 51.0 Å². The molecular weight excluding hydrogens is 270 g/mol. The van der Waals surface area contributed by atoms with E-state index < -0.39 is 0 Å². The summed E-state index contributed by atoms with van der Waals surface area (Å²) in [5, 5.41) is 4.04. The van der Waals surface area contributed by atoms with Crippen LogP contribution in [0.4, 0.5) is 0 Å². The third-order valence-corrected chi connectivity index (χ3v) is 4.62. The summed E-state index contributed by atoms with van der Waals surface area (Å²) < 4.78 is 0. The molecule has 0 aromatic heterocycles. The lowest BCUT2D eigenvalue weighted by Crippen LogP contribution is -2.37. The van der Waals surface area contributed by atoms with E-state index in [0.29, 0.717) is 12.5 Å². The molecule has 2 aliphatic rings. The number of benzene rings is 1. The van der Waals surface area contributed by atoms with Gasteiger partial charge in [-0.05, 0) is 68.1 Å². The molecule has 2 aliphatic carbocycles. The first-order chi connectivity index (χ1) is 9.72. The maximum atomic E-state index is 12.0. The zero-order valence-electron chi connectivity index (χ0n) is 11.8. The summed E-state index contributed by atoms with van der Waals surface area (Å²) in [4.78, 5) is 12.0. The highest BCUT2D eigenvalue weighted by molar-refractivity contribution is 6.30. The van der Waals surface area contributed by atoms with Crippen molar-refractivity contribution < 1.29 is 4.79 Å². The summed E-state index contributed by atoms with van der Waals surface area (Å²) in [5.41, 5.74) is 1.25. The van der Waals surface area contributed by atoms with Crippen molar-refractivity contribution in [3.8, 4) is 0 Å². The molecule has 3 heteroatoms. The average Bonchev–Trinajstić information content (AvgIpc) is 3.30. The largest absolute Gasteiger partial charge is 0.353 e. The van der Waals surface area contributed by atoms with Gasteiger partial charge >= 0.3 is 0 Å². The lowest BCUT2D eigenvalue weighted by Gasteiger charge is -2.17. The summed E-state index contributed by atoms with van der Waals surface area (Å²) in [6.07, 6.45) is 7.74. The Morgan fingerprint density at radius 3 is 2.30 bits per heavy atom. The lowest BCUT2D eigenvalue weighted by molar-refractivity contribution is -0.122. The van der Waals surface area contributed by atoms with Crippen LogP contribution >= 0.6 is 11.6 Å². The SMILES string of the molecule is O=C(CCCc1ccc(Cl)cc1)NC(C1CC1)C1CC1. The van der Waals surface area contributed by atoms with Gasteiger partial charge in [0.25, 0.3) is 0 Å². The van der Waals surface area contributed by atoms with Crippen LogP contribution < -0.4 is 5.32 Å². The van der Waals surface area contributed by atoms with E-state index in [2.05, 4.69) is 5.32 Å². The molecule has 1 aromatic rings. The van der Waals surface area contributed by atoms with E-state index in [-0.39, 0.29) is 5.91 Å². The van der Waals surface area contributed by atoms with Gasteiger partial charge in [0.1, 0.15) is 0 Å². The molecule has 0 unspecified atom stereocenters. The number of hydrogen-bond acceptors (Lipinski definition) is 1. The second-order valence-electron chi connectivity index (χ2n) is 6.25. The van der Waals surface area contributed by atoms with Crippen LogP contribution in [0, 0.1) is 11.8 Å². The van der Waals surface area contributed by atoms with Gasteiger partial charge in [0.15, 0.2) is 0 Å². The topological polar surface area (TPSA) is 29.1 Å². The summed E-state index contributed by atoms with van der Waals surface area (Å²) in [7, 11) is 0. The first-order valence-electron chi connectivity index (χ1n) is 7.76. The molecule has 0 aliphatic heterocycles. The molecule has 20 heavy (non-hydrogen) atoms. The van der Waals surface area contributed by atoms with Crippen LogP contribution in [-0.2, 0) is 11.2 Å². The van der Waals surface area contributed by atoms with Crippen LogP contribution in [0.3, 0.4) is 0 Å². The van der Waals surface area contributed by atoms with E-state index in [1.54, 1.807) is 0 Å². The van der Waals surface area contributed by atoms with Crippen LogP contribution in [0.25, 0.3) is 0 Å². The predicted molar refractivity (Wildman–Crippen MR) is 81.8 cm³/mol. The quantitative estimate of drug-likeness (QED) is 0.809.